The average Bonchev–Trinajstić information content (AvgIpc) is 2.16. The van der Waals surface area contributed by atoms with Crippen LogP contribution >= 0.6 is 0 Å². The minimum Gasteiger partial charge on any atom is -0.0917 e. The molecule has 13 heavy (non-hydrogen) atoms. The standard InChI is InChI=1S/C13H22/c1-3-5-7-9-11-13-12-10-8-6-4-2/h3,5-6,8,11,13H,4,7,9-10,12H2,1-2H3. The largest absolute Gasteiger partial charge is 0.0917 e. The molecular weight excluding hydrogens is 156 g/mol. The lowest BCUT2D eigenvalue weighted by molar-refractivity contribution is 0.998. The molecule has 0 heterocycles. The predicted molar refractivity (Wildman–Crippen MR) is 61.9 cm³/mol. The zero-order chi connectivity index (χ0) is 9.78. The van der Waals surface area contributed by atoms with Gasteiger partial charge in [-0.25, -0.2) is 0 Å². The van der Waals surface area contributed by atoms with Crippen molar-refractivity contribution in [3.05, 3.63) is 36.5 Å². The van der Waals surface area contributed by atoms with Crippen LogP contribution in [0, 0.1) is 0 Å². The molecule has 0 radical (unpaired) electrons. The Kier molecular flexibility index (Phi) is 10.5. The van der Waals surface area contributed by atoms with Crippen LogP contribution in [0.1, 0.15) is 46.0 Å². The number of hydrogen-bond donors (Lipinski definition) is 0. The highest BCUT2D eigenvalue weighted by Crippen LogP contribution is 1.97. The average molecular weight is 178 g/mol. The van der Waals surface area contributed by atoms with E-state index in [1.807, 2.05) is 0 Å². The summed E-state index contributed by atoms with van der Waals surface area (Å²) in [6.45, 7) is 4.24. The summed E-state index contributed by atoms with van der Waals surface area (Å²) in [6, 6.07) is 0. The van der Waals surface area contributed by atoms with Gasteiger partial charge in [0.05, 0.1) is 0 Å². The SMILES string of the molecule is CC=CCCC=CCCC=CCC. The summed E-state index contributed by atoms with van der Waals surface area (Å²) in [4.78, 5) is 0. The Morgan fingerprint density at radius 1 is 0.692 bits per heavy atom. The number of allylic oxidation sites excluding steroid dienone is 6. The first-order valence-electron chi connectivity index (χ1n) is 5.33. The van der Waals surface area contributed by atoms with Crippen LogP contribution in [-0.4, -0.2) is 0 Å². The molecule has 0 spiro atoms. The lowest BCUT2D eigenvalue weighted by Crippen LogP contribution is -1.67. The van der Waals surface area contributed by atoms with Crippen molar-refractivity contribution in [2.75, 3.05) is 0 Å². The Morgan fingerprint density at radius 2 is 1.15 bits per heavy atom. The van der Waals surface area contributed by atoms with E-state index < -0.39 is 0 Å². The third kappa shape index (κ3) is 11.2. The normalized spacial score (nSPS) is 12.5. The van der Waals surface area contributed by atoms with Gasteiger partial charge in [-0.3, -0.25) is 0 Å². The number of rotatable bonds is 7. The third-order valence-corrected chi connectivity index (χ3v) is 1.80. The van der Waals surface area contributed by atoms with Gasteiger partial charge >= 0.3 is 0 Å². The van der Waals surface area contributed by atoms with E-state index in [0.29, 0.717) is 0 Å². The molecule has 0 bridgehead atoms. The summed E-state index contributed by atoms with van der Waals surface area (Å²) in [5, 5.41) is 0. The van der Waals surface area contributed by atoms with Crippen molar-refractivity contribution in [3.8, 4) is 0 Å². The summed E-state index contributed by atoms with van der Waals surface area (Å²) in [6.07, 6.45) is 19.3. The molecule has 0 aromatic carbocycles. The van der Waals surface area contributed by atoms with Crippen LogP contribution in [0.15, 0.2) is 36.5 Å². The maximum Gasteiger partial charge on any atom is -0.0316 e. The second kappa shape index (κ2) is 11.2. The van der Waals surface area contributed by atoms with Gasteiger partial charge in [0.15, 0.2) is 0 Å². The van der Waals surface area contributed by atoms with Crippen molar-refractivity contribution in [2.24, 2.45) is 0 Å². The fourth-order valence-corrected chi connectivity index (χ4v) is 1.07. The molecule has 0 N–H and O–H groups in total. The fourth-order valence-electron chi connectivity index (χ4n) is 1.07. The maximum absolute atomic E-state index is 2.28. The van der Waals surface area contributed by atoms with E-state index in [1.54, 1.807) is 0 Å². The zero-order valence-electron chi connectivity index (χ0n) is 9.00. The van der Waals surface area contributed by atoms with Gasteiger partial charge in [-0.05, 0) is 39.0 Å². The Balaban J connectivity index is 3.17. The first-order chi connectivity index (χ1) is 6.41. The highest BCUT2D eigenvalue weighted by atomic mass is 13.8. The van der Waals surface area contributed by atoms with Gasteiger partial charge in [0.2, 0.25) is 0 Å². The van der Waals surface area contributed by atoms with E-state index in [2.05, 4.69) is 50.3 Å². The van der Waals surface area contributed by atoms with E-state index in [1.165, 1.54) is 25.7 Å². The van der Waals surface area contributed by atoms with Gasteiger partial charge in [-0.15, -0.1) is 0 Å². The van der Waals surface area contributed by atoms with Crippen LogP contribution in [0.5, 0.6) is 0 Å². The summed E-state index contributed by atoms with van der Waals surface area (Å²) in [5.74, 6) is 0. The summed E-state index contributed by atoms with van der Waals surface area (Å²) in [5.41, 5.74) is 0. The molecule has 0 saturated heterocycles. The van der Waals surface area contributed by atoms with Crippen molar-refractivity contribution < 1.29 is 0 Å². The topological polar surface area (TPSA) is 0 Å². The van der Waals surface area contributed by atoms with Crippen molar-refractivity contribution in [1.82, 2.24) is 0 Å². The molecule has 0 aliphatic heterocycles. The van der Waals surface area contributed by atoms with Crippen LogP contribution in [0.3, 0.4) is 0 Å². The summed E-state index contributed by atoms with van der Waals surface area (Å²) < 4.78 is 0. The lowest BCUT2D eigenvalue weighted by Gasteiger charge is -1.87. The second-order valence-corrected chi connectivity index (χ2v) is 3.07. The van der Waals surface area contributed by atoms with E-state index in [4.69, 9.17) is 0 Å². The summed E-state index contributed by atoms with van der Waals surface area (Å²) >= 11 is 0. The molecule has 0 saturated carbocycles. The van der Waals surface area contributed by atoms with Crippen LogP contribution in [0.2, 0.25) is 0 Å². The van der Waals surface area contributed by atoms with Gasteiger partial charge in [-0.2, -0.15) is 0 Å². The van der Waals surface area contributed by atoms with Gasteiger partial charge in [0, 0.05) is 0 Å². The van der Waals surface area contributed by atoms with Crippen LogP contribution in [-0.2, 0) is 0 Å². The molecule has 0 nitrogen and oxygen atoms in total. The van der Waals surface area contributed by atoms with Crippen molar-refractivity contribution >= 4 is 0 Å². The molecule has 0 aromatic rings. The Hall–Kier alpha value is -0.780. The van der Waals surface area contributed by atoms with E-state index in [0.717, 1.165) is 6.42 Å². The molecule has 0 atom stereocenters. The van der Waals surface area contributed by atoms with E-state index in [-0.39, 0.29) is 0 Å². The number of unbranched alkanes of at least 4 members (excludes halogenated alkanes) is 2. The Morgan fingerprint density at radius 3 is 1.62 bits per heavy atom. The molecule has 0 aliphatic rings. The van der Waals surface area contributed by atoms with Gasteiger partial charge in [0.1, 0.15) is 0 Å². The van der Waals surface area contributed by atoms with Gasteiger partial charge in [0.25, 0.3) is 0 Å². The van der Waals surface area contributed by atoms with Crippen LogP contribution in [0.4, 0.5) is 0 Å². The van der Waals surface area contributed by atoms with E-state index >= 15 is 0 Å². The monoisotopic (exact) mass is 178 g/mol. The van der Waals surface area contributed by atoms with Gasteiger partial charge in [-0.1, -0.05) is 43.4 Å². The Labute approximate surface area is 83.0 Å². The maximum atomic E-state index is 2.28. The van der Waals surface area contributed by atoms with Gasteiger partial charge < -0.3 is 0 Å². The Bertz CT molecular complexity index is 161. The smallest absolute Gasteiger partial charge is 0.0316 e. The molecule has 0 fully saturated rings. The predicted octanol–water partition coefficient (Wildman–Crippen LogP) is 4.65. The number of hydrogen-bond acceptors (Lipinski definition) is 0. The second-order valence-electron chi connectivity index (χ2n) is 3.07. The highest BCUT2D eigenvalue weighted by molar-refractivity contribution is 4.89. The summed E-state index contributed by atoms with van der Waals surface area (Å²) in [7, 11) is 0. The molecular formula is C13H22. The third-order valence-electron chi connectivity index (χ3n) is 1.80. The minimum absolute atomic E-state index is 1.16. The highest BCUT2D eigenvalue weighted by Gasteiger charge is 1.77. The van der Waals surface area contributed by atoms with Crippen molar-refractivity contribution in [3.63, 3.8) is 0 Å². The quantitative estimate of drug-likeness (QED) is 0.393. The first kappa shape index (κ1) is 12.2. The molecule has 0 rings (SSSR count). The van der Waals surface area contributed by atoms with Crippen LogP contribution < -0.4 is 0 Å². The van der Waals surface area contributed by atoms with Crippen molar-refractivity contribution in [2.45, 2.75) is 46.0 Å². The lowest BCUT2D eigenvalue weighted by atomic mass is 10.2. The molecule has 0 heteroatoms. The molecule has 0 aliphatic carbocycles. The molecule has 0 unspecified atom stereocenters. The van der Waals surface area contributed by atoms with Crippen molar-refractivity contribution in [1.29, 1.82) is 0 Å². The molecule has 74 valence electrons. The minimum atomic E-state index is 1.16. The zero-order valence-corrected chi connectivity index (χ0v) is 9.00. The van der Waals surface area contributed by atoms with E-state index in [9.17, 15) is 0 Å². The van der Waals surface area contributed by atoms with Crippen LogP contribution in [0.25, 0.3) is 0 Å². The molecule has 0 amide bonds. The first-order valence-corrected chi connectivity index (χ1v) is 5.33. The fraction of sp³-hybridized carbons (Fsp3) is 0.538. The molecule has 0 aromatic heterocycles.